The van der Waals surface area contributed by atoms with Gasteiger partial charge in [0, 0.05) is 43.3 Å². The van der Waals surface area contributed by atoms with Crippen molar-refractivity contribution in [2.45, 2.75) is 0 Å². The molecule has 1 aliphatic rings. The highest BCUT2D eigenvalue weighted by Gasteiger charge is 2.09. The Balaban J connectivity index is 1.27. The molecule has 0 spiro atoms. The standard InChI is InChI=1S/C20H22N4O2S/c1-3-19(26-11-8-24-6-9-25-10-7-24)4-2-18(1)23-20-21-13-17(14-22-20)16-5-12-27-15-16/h1-5,12-15H,6-11H2,(H,21,22,23). The van der Waals surface area contributed by atoms with Crippen LogP contribution in [0.25, 0.3) is 11.1 Å². The highest BCUT2D eigenvalue weighted by atomic mass is 32.1. The lowest BCUT2D eigenvalue weighted by Crippen LogP contribution is -2.38. The maximum atomic E-state index is 5.83. The summed E-state index contributed by atoms with van der Waals surface area (Å²) in [5.41, 5.74) is 3.09. The number of aromatic nitrogens is 2. The van der Waals surface area contributed by atoms with Gasteiger partial charge in [-0.3, -0.25) is 4.90 Å². The summed E-state index contributed by atoms with van der Waals surface area (Å²) in [6, 6.07) is 9.93. The summed E-state index contributed by atoms with van der Waals surface area (Å²) in [6.45, 7) is 5.20. The molecule has 0 unspecified atom stereocenters. The average molecular weight is 382 g/mol. The Labute approximate surface area is 162 Å². The zero-order valence-electron chi connectivity index (χ0n) is 15.0. The predicted molar refractivity (Wildman–Crippen MR) is 108 cm³/mol. The number of thiophene rings is 1. The second-order valence-electron chi connectivity index (χ2n) is 6.26. The third-order valence-electron chi connectivity index (χ3n) is 4.40. The monoisotopic (exact) mass is 382 g/mol. The Morgan fingerprint density at radius 3 is 2.52 bits per heavy atom. The SMILES string of the molecule is c1cc(-c2cnc(Nc3ccc(OCCN4CCOCC4)cc3)nc2)cs1. The van der Waals surface area contributed by atoms with E-state index in [1.54, 1.807) is 11.3 Å². The van der Waals surface area contributed by atoms with E-state index in [1.807, 2.05) is 42.0 Å². The minimum atomic E-state index is 0.579. The molecule has 0 aliphatic carbocycles. The first-order chi connectivity index (χ1) is 13.4. The van der Waals surface area contributed by atoms with E-state index >= 15 is 0 Å². The minimum Gasteiger partial charge on any atom is -0.492 e. The first kappa shape index (κ1) is 17.9. The van der Waals surface area contributed by atoms with Crippen LogP contribution in [0.1, 0.15) is 0 Å². The van der Waals surface area contributed by atoms with Crippen molar-refractivity contribution in [1.29, 1.82) is 0 Å². The summed E-state index contributed by atoms with van der Waals surface area (Å²) in [5.74, 6) is 1.44. The normalized spacial score (nSPS) is 14.8. The van der Waals surface area contributed by atoms with Crippen LogP contribution in [0.5, 0.6) is 5.75 Å². The zero-order chi connectivity index (χ0) is 18.3. The van der Waals surface area contributed by atoms with E-state index in [9.17, 15) is 0 Å². The van der Waals surface area contributed by atoms with Crippen molar-refractivity contribution >= 4 is 23.0 Å². The van der Waals surface area contributed by atoms with Crippen LogP contribution in [-0.2, 0) is 4.74 Å². The number of rotatable bonds is 7. The van der Waals surface area contributed by atoms with Crippen LogP contribution in [0.3, 0.4) is 0 Å². The van der Waals surface area contributed by atoms with Crippen LogP contribution in [0.2, 0.25) is 0 Å². The molecule has 140 valence electrons. The third kappa shape index (κ3) is 5.03. The molecule has 0 amide bonds. The highest BCUT2D eigenvalue weighted by Crippen LogP contribution is 2.22. The molecular formula is C20H22N4O2S. The molecule has 7 heteroatoms. The molecule has 1 aromatic carbocycles. The van der Waals surface area contributed by atoms with Gasteiger partial charge in [-0.2, -0.15) is 11.3 Å². The van der Waals surface area contributed by atoms with E-state index < -0.39 is 0 Å². The van der Waals surface area contributed by atoms with Crippen LogP contribution in [0, 0.1) is 0 Å². The van der Waals surface area contributed by atoms with E-state index in [4.69, 9.17) is 9.47 Å². The van der Waals surface area contributed by atoms with Gasteiger partial charge in [0.05, 0.1) is 13.2 Å². The molecule has 1 N–H and O–H groups in total. The number of benzene rings is 1. The lowest BCUT2D eigenvalue weighted by Gasteiger charge is -2.26. The molecule has 1 fully saturated rings. The van der Waals surface area contributed by atoms with Crippen LogP contribution in [0.4, 0.5) is 11.6 Å². The molecule has 3 aromatic rings. The van der Waals surface area contributed by atoms with Gasteiger partial charge in [0.25, 0.3) is 0 Å². The molecule has 6 nitrogen and oxygen atoms in total. The van der Waals surface area contributed by atoms with Crippen molar-refractivity contribution in [2.24, 2.45) is 0 Å². The molecule has 0 radical (unpaired) electrons. The van der Waals surface area contributed by atoms with Gasteiger partial charge in [-0.15, -0.1) is 0 Å². The van der Waals surface area contributed by atoms with Gasteiger partial charge < -0.3 is 14.8 Å². The number of hydrogen-bond acceptors (Lipinski definition) is 7. The van der Waals surface area contributed by atoms with Crippen LogP contribution >= 0.6 is 11.3 Å². The van der Waals surface area contributed by atoms with Crippen LogP contribution < -0.4 is 10.1 Å². The number of morpholine rings is 1. The predicted octanol–water partition coefficient (Wildman–Crippen LogP) is 3.66. The molecule has 27 heavy (non-hydrogen) atoms. The second kappa shape index (κ2) is 8.94. The first-order valence-corrected chi connectivity index (χ1v) is 9.96. The van der Waals surface area contributed by atoms with Crippen LogP contribution in [-0.4, -0.2) is 54.3 Å². The number of hydrogen-bond donors (Lipinski definition) is 1. The van der Waals surface area contributed by atoms with Crippen molar-refractivity contribution in [2.75, 3.05) is 44.8 Å². The topological polar surface area (TPSA) is 59.5 Å². The average Bonchev–Trinajstić information content (AvgIpc) is 3.26. The summed E-state index contributed by atoms with van der Waals surface area (Å²) in [5, 5.41) is 7.35. The van der Waals surface area contributed by atoms with Gasteiger partial charge >= 0.3 is 0 Å². The largest absolute Gasteiger partial charge is 0.492 e. The van der Waals surface area contributed by atoms with E-state index in [1.165, 1.54) is 0 Å². The number of anilines is 2. The summed E-state index contributed by atoms with van der Waals surface area (Å²) in [7, 11) is 0. The Morgan fingerprint density at radius 2 is 1.81 bits per heavy atom. The van der Waals surface area contributed by atoms with Crippen molar-refractivity contribution in [3.05, 3.63) is 53.5 Å². The number of nitrogens with one attached hydrogen (secondary N) is 1. The smallest absolute Gasteiger partial charge is 0.227 e. The maximum Gasteiger partial charge on any atom is 0.227 e. The van der Waals surface area contributed by atoms with Gasteiger partial charge in [0.1, 0.15) is 12.4 Å². The zero-order valence-corrected chi connectivity index (χ0v) is 15.8. The summed E-state index contributed by atoms with van der Waals surface area (Å²) in [6.07, 6.45) is 3.67. The van der Waals surface area contributed by atoms with E-state index in [-0.39, 0.29) is 0 Å². The molecule has 2 aromatic heterocycles. The van der Waals surface area contributed by atoms with E-state index in [0.29, 0.717) is 12.6 Å². The maximum absolute atomic E-state index is 5.83. The molecule has 1 aliphatic heterocycles. The van der Waals surface area contributed by atoms with Crippen molar-refractivity contribution in [1.82, 2.24) is 14.9 Å². The Morgan fingerprint density at radius 1 is 1.04 bits per heavy atom. The fourth-order valence-electron chi connectivity index (χ4n) is 2.85. The molecule has 0 atom stereocenters. The first-order valence-electron chi connectivity index (χ1n) is 9.01. The van der Waals surface area contributed by atoms with Gasteiger partial charge in [0.2, 0.25) is 5.95 Å². The summed E-state index contributed by atoms with van der Waals surface area (Å²) < 4.78 is 11.2. The van der Waals surface area contributed by atoms with E-state index in [2.05, 4.69) is 31.6 Å². The Kier molecular flexibility index (Phi) is 5.93. The lowest BCUT2D eigenvalue weighted by atomic mass is 10.2. The summed E-state index contributed by atoms with van der Waals surface area (Å²) in [4.78, 5) is 11.1. The molecule has 0 saturated carbocycles. The molecular weight excluding hydrogens is 360 g/mol. The Bertz CT molecular complexity index is 816. The molecule has 0 bridgehead atoms. The fraction of sp³-hybridized carbons (Fsp3) is 0.300. The molecule has 1 saturated heterocycles. The summed E-state index contributed by atoms with van der Waals surface area (Å²) >= 11 is 1.66. The number of nitrogens with zero attached hydrogens (tertiary/aromatic N) is 3. The van der Waals surface area contributed by atoms with Crippen molar-refractivity contribution < 1.29 is 9.47 Å². The minimum absolute atomic E-state index is 0.579. The van der Waals surface area contributed by atoms with Gasteiger partial charge in [0.15, 0.2) is 0 Å². The third-order valence-corrected chi connectivity index (χ3v) is 5.08. The molecule has 3 heterocycles. The number of ether oxygens (including phenoxy) is 2. The van der Waals surface area contributed by atoms with Gasteiger partial charge in [-0.05, 0) is 46.7 Å². The fourth-order valence-corrected chi connectivity index (χ4v) is 3.52. The van der Waals surface area contributed by atoms with Crippen LogP contribution in [0.15, 0.2) is 53.5 Å². The second-order valence-corrected chi connectivity index (χ2v) is 7.04. The van der Waals surface area contributed by atoms with Crippen molar-refractivity contribution in [3.8, 4) is 16.9 Å². The molecule has 4 rings (SSSR count). The highest BCUT2D eigenvalue weighted by molar-refractivity contribution is 7.08. The van der Waals surface area contributed by atoms with Gasteiger partial charge in [-0.1, -0.05) is 0 Å². The van der Waals surface area contributed by atoms with Gasteiger partial charge in [-0.25, -0.2) is 9.97 Å². The Hall–Kier alpha value is -2.48. The quantitative estimate of drug-likeness (QED) is 0.673. The van der Waals surface area contributed by atoms with Crippen molar-refractivity contribution in [3.63, 3.8) is 0 Å². The lowest BCUT2D eigenvalue weighted by molar-refractivity contribution is 0.0322. The van der Waals surface area contributed by atoms with E-state index in [0.717, 1.165) is 55.4 Å².